The van der Waals surface area contributed by atoms with Gasteiger partial charge >= 0.3 is 5.97 Å². The molecule has 0 atom stereocenters. The van der Waals surface area contributed by atoms with E-state index >= 15 is 0 Å². The Kier molecular flexibility index (Phi) is 3.07. The Bertz CT molecular complexity index is 822. The van der Waals surface area contributed by atoms with Crippen LogP contribution in [0.25, 0.3) is 10.9 Å². The third kappa shape index (κ3) is 2.43. The van der Waals surface area contributed by atoms with Crippen molar-refractivity contribution in [2.75, 3.05) is 0 Å². The van der Waals surface area contributed by atoms with E-state index in [-0.39, 0.29) is 6.61 Å². The molecular formula is C16H14N4O2. The molecule has 1 aromatic carbocycles. The van der Waals surface area contributed by atoms with E-state index in [9.17, 15) is 4.79 Å². The number of hydrogen-bond donors (Lipinski definition) is 1. The van der Waals surface area contributed by atoms with Crippen LogP contribution in [0, 0.1) is 0 Å². The highest BCUT2D eigenvalue weighted by Crippen LogP contribution is 2.37. The van der Waals surface area contributed by atoms with E-state index in [0.717, 1.165) is 22.3 Å². The van der Waals surface area contributed by atoms with Gasteiger partial charge in [-0.1, -0.05) is 18.2 Å². The quantitative estimate of drug-likeness (QED) is 0.748. The first-order valence-corrected chi connectivity index (χ1v) is 7.22. The number of para-hydroxylation sites is 1. The Hall–Kier alpha value is -2.76. The van der Waals surface area contributed by atoms with Crippen molar-refractivity contribution in [2.45, 2.75) is 25.4 Å². The fourth-order valence-electron chi connectivity index (χ4n) is 2.33. The monoisotopic (exact) mass is 294 g/mol. The SMILES string of the molecule is O=C(OCc1cnc(C2CC2)nc1)c1n[nH]c2ccccc12. The number of esters is 1. The molecule has 0 spiro atoms. The van der Waals surface area contributed by atoms with Crippen LogP contribution in [0.15, 0.2) is 36.7 Å². The lowest BCUT2D eigenvalue weighted by atomic mass is 10.2. The van der Waals surface area contributed by atoms with Gasteiger partial charge in [0.1, 0.15) is 12.4 Å². The lowest BCUT2D eigenvalue weighted by Crippen LogP contribution is -2.07. The zero-order valence-corrected chi connectivity index (χ0v) is 11.8. The second-order valence-corrected chi connectivity index (χ2v) is 5.42. The number of ether oxygens (including phenoxy) is 1. The standard InChI is InChI=1S/C16H14N4O2/c21-16(14-12-3-1-2-4-13(12)19-20-14)22-9-10-7-17-15(18-8-10)11-5-6-11/h1-4,7-8,11H,5-6,9H2,(H,19,20). The highest BCUT2D eigenvalue weighted by molar-refractivity contribution is 6.01. The number of H-pyrrole nitrogens is 1. The summed E-state index contributed by atoms with van der Waals surface area (Å²) in [5.41, 5.74) is 1.88. The van der Waals surface area contributed by atoms with Crippen LogP contribution in [0.3, 0.4) is 0 Å². The smallest absolute Gasteiger partial charge is 0.359 e. The molecule has 0 radical (unpaired) electrons. The normalized spacial score (nSPS) is 14.2. The first-order chi connectivity index (χ1) is 10.8. The molecule has 0 bridgehead atoms. The number of aromatic amines is 1. The summed E-state index contributed by atoms with van der Waals surface area (Å²) >= 11 is 0. The summed E-state index contributed by atoms with van der Waals surface area (Å²) in [5.74, 6) is 0.948. The fourth-order valence-corrected chi connectivity index (χ4v) is 2.33. The van der Waals surface area contributed by atoms with Crippen LogP contribution in [0.4, 0.5) is 0 Å². The van der Waals surface area contributed by atoms with Crippen LogP contribution in [-0.4, -0.2) is 26.1 Å². The van der Waals surface area contributed by atoms with E-state index in [1.165, 1.54) is 12.8 Å². The van der Waals surface area contributed by atoms with E-state index in [4.69, 9.17) is 4.74 Å². The van der Waals surface area contributed by atoms with Gasteiger partial charge in [-0.3, -0.25) is 5.10 Å². The van der Waals surface area contributed by atoms with Crippen molar-refractivity contribution < 1.29 is 9.53 Å². The third-order valence-electron chi connectivity index (χ3n) is 3.70. The number of rotatable bonds is 4. The van der Waals surface area contributed by atoms with Gasteiger partial charge in [0, 0.05) is 29.3 Å². The van der Waals surface area contributed by atoms with E-state index < -0.39 is 5.97 Å². The lowest BCUT2D eigenvalue weighted by molar-refractivity contribution is 0.0467. The maximum absolute atomic E-state index is 12.1. The molecule has 1 aliphatic rings. The van der Waals surface area contributed by atoms with Crippen LogP contribution in [0.1, 0.15) is 40.6 Å². The molecule has 6 nitrogen and oxygen atoms in total. The van der Waals surface area contributed by atoms with Gasteiger partial charge in [-0.15, -0.1) is 0 Å². The molecule has 1 N–H and O–H groups in total. The van der Waals surface area contributed by atoms with E-state index in [2.05, 4.69) is 20.2 Å². The first kappa shape index (κ1) is 12.9. The van der Waals surface area contributed by atoms with Gasteiger partial charge in [0.2, 0.25) is 0 Å². The summed E-state index contributed by atoms with van der Waals surface area (Å²) in [5, 5.41) is 7.60. The number of aromatic nitrogens is 4. The molecule has 1 fully saturated rings. The molecule has 22 heavy (non-hydrogen) atoms. The molecule has 110 valence electrons. The van der Waals surface area contributed by atoms with Crippen LogP contribution in [0.5, 0.6) is 0 Å². The molecule has 0 unspecified atom stereocenters. The third-order valence-corrected chi connectivity index (χ3v) is 3.70. The number of carbonyl (C=O) groups excluding carboxylic acids is 1. The number of carbonyl (C=O) groups is 1. The molecule has 0 aliphatic heterocycles. The van der Waals surface area contributed by atoms with Crippen molar-refractivity contribution in [1.29, 1.82) is 0 Å². The van der Waals surface area contributed by atoms with Crippen LogP contribution in [0.2, 0.25) is 0 Å². The molecule has 1 aliphatic carbocycles. The Morgan fingerprint density at radius 2 is 2.00 bits per heavy atom. The molecule has 6 heteroatoms. The fraction of sp³-hybridized carbons (Fsp3) is 0.250. The highest BCUT2D eigenvalue weighted by atomic mass is 16.5. The van der Waals surface area contributed by atoms with E-state index in [0.29, 0.717) is 11.6 Å². The van der Waals surface area contributed by atoms with Gasteiger partial charge in [-0.25, -0.2) is 14.8 Å². The highest BCUT2D eigenvalue weighted by Gasteiger charge is 2.26. The van der Waals surface area contributed by atoms with Crippen molar-refractivity contribution >= 4 is 16.9 Å². The second kappa shape index (κ2) is 5.22. The maximum Gasteiger partial charge on any atom is 0.359 e. The predicted molar refractivity (Wildman–Crippen MR) is 79.2 cm³/mol. The zero-order chi connectivity index (χ0) is 14.9. The van der Waals surface area contributed by atoms with Gasteiger partial charge in [0.05, 0.1) is 5.52 Å². The van der Waals surface area contributed by atoms with Crippen molar-refractivity contribution in [3.05, 3.63) is 53.7 Å². The number of hydrogen-bond acceptors (Lipinski definition) is 5. The van der Waals surface area contributed by atoms with Gasteiger partial charge < -0.3 is 4.74 Å². The van der Waals surface area contributed by atoms with Crippen molar-refractivity contribution in [3.8, 4) is 0 Å². The maximum atomic E-state index is 12.1. The number of nitrogens with zero attached hydrogens (tertiary/aromatic N) is 3. The summed E-state index contributed by atoms with van der Waals surface area (Å²) in [6.45, 7) is 0.144. The molecule has 1 saturated carbocycles. The summed E-state index contributed by atoms with van der Waals surface area (Å²) in [4.78, 5) is 20.7. The van der Waals surface area contributed by atoms with Gasteiger partial charge in [-0.05, 0) is 18.9 Å². The molecular weight excluding hydrogens is 280 g/mol. The van der Waals surface area contributed by atoms with E-state index in [1.807, 2.05) is 24.3 Å². The van der Waals surface area contributed by atoms with Crippen LogP contribution >= 0.6 is 0 Å². The topological polar surface area (TPSA) is 80.8 Å². The number of fused-ring (bicyclic) bond motifs is 1. The van der Waals surface area contributed by atoms with Crippen molar-refractivity contribution in [3.63, 3.8) is 0 Å². The minimum atomic E-state index is -0.455. The molecule has 0 amide bonds. The molecule has 3 aromatic rings. The minimum absolute atomic E-state index is 0.144. The summed E-state index contributed by atoms with van der Waals surface area (Å²) in [7, 11) is 0. The van der Waals surface area contributed by atoms with Crippen molar-refractivity contribution in [1.82, 2.24) is 20.2 Å². The summed E-state index contributed by atoms with van der Waals surface area (Å²) in [6.07, 6.45) is 5.77. The zero-order valence-electron chi connectivity index (χ0n) is 11.8. The molecule has 0 saturated heterocycles. The Balaban J connectivity index is 1.45. The van der Waals surface area contributed by atoms with Gasteiger partial charge in [0.15, 0.2) is 5.69 Å². The average Bonchev–Trinajstić information content (AvgIpc) is 3.32. The van der Waals surface area contributed by atoms with Crippen LogP contribution in [-0.2, 0) is 11.3 Å². The number of benzene rings is 1. The minimum Gasteiger partial charge on any atom is -0.456 e. The van der Waals surface area contributed by atoms with Gasteiger partial charge in [-0.2, -0.15) is 5.10 Å². The lowest BCUT2D eigenvalue weighted by Gasteiger charge is -2.03. The molecule has 4 rings (SSSR count). The Morgan fingerprint density at radius 1 is 1.23 bits per heavy atom. The predicted octanol–water partition coefficient (Wildman–Crippen LogP) is 2.59. The molecule has 2 heterocycles. The van der Waals surface area contributed by atoms with Crippen LogP contribution < -0.4 is 0 Å². The second-order valence-electron chi connectivity index (χ2n) is 5.42. The Labute approximate surface area is 126 Å². The van der Waals surface area contributed by atoms with Crippen molar-refractivity contribution in [2.24, 2.45) is 0 Å². The largest absolute Gasteiger partial charge is 0.456 e. The summed E-state index contributed by atoms with van der Waals surface area (Å²) < 4.78 is 5.30. The molecule has 2 aromatic heterocycles. The Morgan fingerprint density at radius 3 is 2.77 bits per heavy atom. The average molecular weight is 294 g/mol. The van der Waals surface area contributed by atoms with E-state index in [1.54, 1.807) is 12.4 Å². The first-order valence-electron chi connectivity index (χ1n) is 7.22. The van der Waals surface area contributed by atoms with Gasteiger partial charge in [0.25, 0.3) is 0 Å². The summed E-state index contributed by atoms with van der Waals surface area (Å²) in [6, 6.07) is 7.44. The number of nitrogens with one attached hydrogen (secondary N) is 1.